The van der Waals surface area contributed by atoms with Crippen molar-refractivity contribution in [3.8, 4) is 0 Å². The number of amides is 1. The van der Waals surface area contributed by atoms with E-state index in [1.807, 2.05) is 26.0 Å². The number of carbonyl (C=O) groups is 1. The van der Waals surface area contributed by atoms with Crippen molar-refractivity contribution in [3.63, 3.8) is 0 Å². The minimum Gasteiger partial charge on any atom is -0.383 e. The molecule has 5 heteroatoms. The lowest BCUT2D eigenvalue weighted by Crippen LogP contribution is -2.18. The standard InChI is InChI=1S/C17H20FN3O/c1-12(2)17(22)21-16-8-7-14(11-20-16)19-10-9-13-5-3-4-6-15(13)18/h3-8,11-12,19H,9-10H2,1-2H3,(H,20,21,22). The third-order valence-corrected chi connectivity index (χ3v) is 3.22. The first-order valence-electron chi connectivity index (χ1n) is 7.30. The van der Waals surface area contributed by atoms with Gasteiger partial charge in [-0.2, -0.15) is 0 Å². The molecule has 1 amide bonds. The summed E-state index contributed by atoms with van der Waals surface area (Å²) in [5.74, 6) is 0.195. The Morgan fingerprint density at radius 3 is 2.64 bits per heavy atom. The molecule has 2 rings (SSSR count). The third kappa shape index (κ3) is 4.55. The zero-order chi connectivity index (χ0) is 15.9. The predicted octanol–water partition coefficient (Wildman–Crippen LogP) is 3.47. The molecule has 0 unspecified atom stereocenters. The van der Waals surface area contributed by atoms with E-state index in [4.69, 9.17) is 0 Å². The number of benzene rings is 1. The number of carbonyl (C=O) groups excluding carboxylic acids is 1. The van der Waals surface area contributed by atoms with Crippen LogP contribution in [-0.2, 0) is 11.2 Å². The smallest absolute Gasteiger partial charge is 0.228 e. The summed E-state index contributed by atoms with van der Waals surface area (Å²) in [5, 5.41) is 5.91. The van der Waals surface area contributed by atoms with Crippen LogP contribution in [0.5, 0.6) is 0 Å². The molecule has 0 saturated carbocycles. The van der Waals surface area contributed by atoms with Crippen LogP contribution in [0, 0.1) is 11.7 Å². The number of pyridine rings is 1. The first kappa shape index (κ1) is 15.9. The lowest BCUT2D eigenvalue weighted by Gasteiger charge is -2.09. The second-order valence-electron chi connectivity index (χ2n) is 5.34. The topological polar surface area (TPSA) is 54.0 Å². The average molecular weight is 301 g/mol. The van der Waals surface area contributed by atoms with Gasteiger partial charge >= 0.3 is 0 Å². The Labute approximate surface area is 129 Å². The zero-order valence-electron chi connectivity index (χ0n) is 12.8. The molecule has 116 valence electrons. The molecule has 1 aromatic heterocycles. The van der Waals surface area contributed by atoms with Crippen molar-refractivity contribution in [3.05, 3.63) is 54.0 Å². The van der Waals surface area contributed by atoms with Crippen molar-refractivity contribution in [1.29, 1.82) is 0 Å². The molecule has 1 heterocycles. The molecule has 1 aromatic carbocycles. The van der Waals surface area contributed by atoms with Crippen LogP contribution in [0.15, 0.2) is 42.6 Å². The quantitative estimate of drug-likeness (QED) is 0.859. The summed E-state index contributed by atoms with van der Waals surface area (Å²) in [6.45, 7) is 4.27. The fourth-order valence-electron chi connectivity index (χ4n) is 1.89. The minimum absolute atomic E-state index is 0.0623. The first-order valence-corrected chi connectivity index (χ1v) is 7.30. The second kappa shape index (κ2) is 7.54. The maximum absolute atomic E-state index is 13.5. The molecular weight excluding hydrogens is 281 g/mol. The van der Waals surface area contributed by atoms with Gasteiger partial charge < -0.3 is 10.6 Å². The van der Waals surface area contributed by atoms with E-state index in [1.165, 1.54) is 6.07 Å². The fourth-order valence-corrected chi connectivity index (χ4v) is 1.89. The van der Waals surface area contributed by atoms with Gasteiger partial charge in [0.15, 0.2) is 0 Å². The summed E-state index contributed by atoms with van der Waals surface area (Å²) in [6.07, 6.45) is 2.25. The van der Waals surface area contributed by atoms with E-state index >= 15 is 0 Å². The minimum atomic E-state index is -0.186. The Morgan fingerprint density at radius 1 is 1.23 bits per heavy atom. The van der Waals surface area contributed by atoms with Gasteiger partial charge in [-0.15, -0.1) is 0 Å². The van der Waals surface area contributed by atoms with Crippen LogP contribution in [0.4, 0.5) is 15.9 Å². The van der Waals surface area contributed by atoms with Crippen molar-refractivity contribution in [2.24, 2.45) is 5.92 Å². The molecular formula is C17H20FN3O. The van der Waals surface area contributed by atoms with E-state index in [0.29, 0.717) is 24.3 Å². The highest BCUT2D eigenvalue weighted by Crippen LogP contribution is 2.12. The number of nitrogens with one attached hydrogen (secondary N) is 2. The highest BCUT2D eigenvalue weighted by molar-refractivity contribution is 5.91. The van der Waals surface area contributed by atoms with Crippen LogP contribution in [0.1, 0.15) is 19.4 Å². The van der Waals surface area contributed by atoms with E-state index < -0.39 is 0 Å². The molecule has 2 N–H and O–H groups in total. The summed E-state index contributed by atoms with van der Waals surface area (Å²) in [5.41, 5.74) is 1.52. The van der Waals surface area contributed by atoms with Crippen LogP contribution in [0.2, 0.25) is 0 Å². The molecule has 0 atom stereocenters. The summed E-state index contributed by atoms with van der Waals surface area (Å²) in [7, 11) is 0. The van der Waals surface area contributed by atoms with Crippen LogP contribution in [0.25, 0.3) is 0 Å². The largest absolute Gasteiger partial charge is 0.383 e. The van der Waals surface area contributed by atoms with Crippen molar-refractivity contribution >= 4 is 17.4 Å². The fraction of sp³-hybridized carbons (Fsp3) is 0.294. The maximum Gasteiger partial charge on any atom is 0.228 e. The molecule has 0 spiro atoms. The molecule has 22 heavy (non-hydrogen) atoms. The summed E-state index contributed by atoms with van der Waals surface area (Å²) in [6, 6.07) is 10.3. The molecule has 0 bridgehead atoms. The van der Waals surface area contributed by atoms with Gasteiger partial charge in [-0.25, -0.2) is 9.37 Å². The summed E-state index contributed by atoms with van der Waals surface area (Å²) < 4.78 is 13.5. The Hall–Kier alpha value is -2.43. The van der Waals surface area contributed by atoms with Crippen molar-refractivity contribution in [1.82, 2.24) is 4.98 Å². The van der Waals surface area contributed by atoms with E-state index in [0.717, 1.165) is 5.69 Å². The molecule has 2 aromatic rings. The highest BCUT2D eigenvalue weighted by Gasteiger charge is 2.07. The summed E-state index contributed by atoms with van der Waals surface area (Å²) in [4.78, 5) is 15.7. The van der Waals surface area contributed by atoms with E-state index in [2.05, 4.69) is 15.6 Å². The maximum atomic E-state index is 13.5. The van der Waals surface area contributed by atoms with Crippen LogP contribution >= 0.6 is 0 Å². The normalized spacial score (nSPS) is 10.5. The number of anilines is 2. The van der Waals surface area contributed by atoms with Gasteiger partial charge in [-0.05, 0) is 30.2 Å². The number of aromatic nitrogens is 1. The monoisotopic (exact) mass is 301 g/mol. The van der Waals surface area contributed by atoms with Gasteiger partial charge in [0.05, 0.1) is 11.9 Å². The molecule has 0 aliphatic heterocycles. The van der Waals surface area contributed by atoms with Gasteiger partial charge in [0.2, 0.25) is 5.91 Å². The van der Waals surface area contributed by atoms with Gasteiger partial charge in [-0.3, -0.25) is 4.79 Å². The van der Waals surface area contributed by atoms with Gasteiger partial charge in [0.25, 0.3) is 0 Å². The second-order valence-corrected chi connectivity index (χ2v) is 5.34. The summed E-state index contributed by atoms with van der Waals surface area (Å²) >= 11 is 0. The van der Waals surface area contributed by atoms with Gasteiger partial charge in [0.1, 0.15) is 11.6 Å². The van der Waals surface area contributed by atoms with Crippen LogP contribution in [-0.4, -0.2) is 17.4 Å². The molecule has 0 aliphatic carbocycles. The number of nitrogens with zero attached hydrogens (tertiary/aromatic N) is 1. The lowest BCUT2D eigenvalue weighted by molar-refractivity contribution is -0.118. The van der Waals surface area contributed by atoms with Crippen molar-refractivity contribution in [2.75, 3.05) is 17.2 Å². The Morgan fingerprint density at radius 2 is 2.00 bits per heavy atom. The average Bonchev–Trinajstić information content (AvgIpc) is 2.51. The Balaban J connectivity index is 1.84. The van der Waals surface area contributed by atoms with Crippen molar-refractivity contribution in [2.45, 2.75) is 20.3 Å². The SMILES string of the molecule is CC(C)C(=O)Nc1ccc(NCCc2ccccc2F)cn1. The predicted molar refractivity (Wildman–Crippen MR) is 86.3 cm³/mol. The number of halogens is 1. The zero-order valence-corrected chi connectivity index (χ0v) is 12.8. The van der Waals surface area contributed by atoms with E-state index in [-0.39, 0.29) is 17.6 Å². The first-order chi connectivity index (χ1) is 10.6. The number of rotatable bonds is 6. The Kier molecular flexibility index (Phi) is 5.47. The van der Waals surface area contributed by atoms with Crippen molar-refractivity contribution < 1.29 is 9.18 Å². The van der Waals surface area contributed by atoms with Crippen LogP contribution < -0.4 is 10.6 Å². The molecule has 0 fully saturated rings. The molecule has 0 saturated heterocycles. The lowest BCUT2D eigenvalue weighted by atomic mass is 10.1. The number of hydrogen-bond donors (Lipinski definition) is 2. The highest BCUT2D eigenvalue weighted by atomic mass is 19.1. The molecule has 0 aliphatic rings. The van der Waals surface area contributed by atoms with E-state index in [1.54, 1.807) is 24.4 Å². The molecule has 4 nitrogen and oxygen atoms in total. The van der Waals surface area contributed by atoms with Crippen LogP contribution in [0.3, 0.4) is 0 Å². The number of hydrogen-bond acceptors (Lipinski definition) is 3. The van der Waals surface area contributed by atoms with E-state index in [9.17, 15) is 9.18 Å². The third-order valence-electron chi connectivity index (χ3n) is 3.22. The molecule has 0 radical (unpaired) electrons. The van der Waals surface area contributed by atoms with Gasteiger partial charge in [0, 0.05) is 12.5 Å². The Bertz CT molecular complexity index is 626. The van der Waals surface area contributed by atoms with Gasteiger partial charge in [-0.1, -0.05) is 32.0 Å².